The third kappa shape index (κ3) is 2.13. The van der Waals surface area contributed by atoms with Crippen molar-refractivity contribution in [2.45, 2.75) is 13.0 Å². The topological polar surface area (TPSA) is 77.0 Å². The van der Waals surface area contributed by atoms with Crippen LogP contribution in [0.25, 0.3) is 0 Å². The summed E-state index contributed by atoms with van der Waals surface area (Å²) in [5.74, 6) is -0.458. The van der Waals surface area contributed by atoms with Gasteiger partial charge in [0.25, 0.3) is 0 Å². The van der Waals surface area contributed by atoms with Gasteiger partial charge in [0.15, 0.2) is 6.04 Å². The number of rotatable bonds is 1. The molecule has 7 heavy (non-hydrogen) atoms. The summed E-state index contributed by atoms with van der Waals surface area (Å²) in [6.07, 6.45) is 0. The van der Waals surface area contributed by atoms with Gasteiger partial charge >= 0.3 is 5.91 Å². The van der Waals surface area contributed by atoms with Gasteiger partial charge in [0.1, 0.15) is 0 Å². The van der Waals surface area contributed by atoms with E-state index >= 15 is 0 Å². The molecule has 0 aliphatic heterocycles. The van der Waals surface area contributed by atoms with Gasteiger partial charge in [0, 0.05) is 0 Å². The van der Waals surface area contributed by atoms with Crippen LogP contribution in [0.4, 0.5) is 0 Å². The molecular formula is C3H9N2O2+. The van der Waals surface area contributed by atoms with Crippen LogP contribution >= 0.6 is 0 Å². The molecule has 0 rings (SSSR count). The second-order valence-electron chi connectivity index (χ2n) is 1.38. The van der Waals surface area contributed by atoms with E-state index in [0.29, 0.717) is 0 Å². The zero-order valence-corrected chi connectivity index (χ0v) is 4.14. The van der Waals surface area contributed by atoms with Gasteiger partial charge in [0.05, 0.1) is 0 Å². The molecule has 4 heteroatoms. The Morgan fingerprint density at radius 3 is 2.43 bits per heavy atom. The van der Waals surface area contributed by atoms with Crippen LogP contribution in [0.15, 0.2) is 0 Å². The van der Waals surface area contributed by atoms with Crippen molar-refractivity contribution in [1.29, 1.82) is 0 Å². The SMILES string of the molecule is CC([NH3+])C(=O)NO. The zero-order valence-electron chi connectivity index (χ0n) is 4.14. The molecule has 0 bridgehead atoms. The van der Waals surface area contributed by atoms with E-state index in [0.717, 1.165) is 0 Å². The Kier molecular flexibility index (Phi) is 2.32. The third-order valence-electron chi connectivity index (χ3n) is 0.558. The van der Waals surface area contributed by atoms with Crippen molar-refractivity contribution in [3.63, 3.8) is 0 Å². The van der Waals surface area contributed by atoms with Gasteiger partial charge in [0.2, 0.25) is 0 Å². The van der Waals surface area contributed by atoms with Gasteiger partial charge in [-0.2, -0.15) is 0 Å². The molecule has 1 atom stereocenters. The lowest BCUT2D eigenvalue weighted by Gasteiger charge is -1.94. The summed E-state index contributed by atoms with van der Waals surface area (Å²) in [5.41, 5.74) is 4.80. The smallest absolute Gasteiger partial charge is 0.301 e. The van der Waals surface area contributed by atoms with E-state index in [1.165, 1.54) is 5.48 Å². The molecule has 0 heterocycles. The number of amides is 1. The van der Waals surface area contributed by atoms with E-state index < -0.39 is 5.91 Å². The predicted octanol–water partition coefficient (Wildman–Crippen LogP) is -1.88. The van der Waals surface area contributed by atoms with Crippen LogP contribution in [-0.2, 0) is 4.79 Å². The highest BCUT2D eigenvalue weighted by Crippen LogP contribution is 1.65. The van der Waals surface area contributed by atoms with Crippen molar-refractivity contribution < 1.29 is 15.7 Å². The van der Waals surface area contributed by atoms with Crippen molar-refractivity contribution >= 4 is 5.91 Å². The number of quaternary nitrogens is 1. The lowest BCUT2D eigenvalue weighted by molar-refractivity contribution is -0.399. The highest BCUT2D eigenvalue weighted by Gasteiger charge is 2.06. The first-order valence-corrected chi connectivity index (χ1v) is 1.95. The van der Waals surface area contributed by atoms with E-state index in [4.69, 9.17) is 5.21 Å². The number of hydrogen-bond acceptors (Lipinski definition) is 2. The van der Waals surface area contributed by atoms with Crippen LogP contribution in [0, 0.1) is 0 Å². The summed E-state index contributed by atoms with van der Waals surface area (Å²) >= 11 is 0. The van der Waals surface area contributed by atoms with E-state index in [1.54, 1.807) is 6.92 Å². The molecule has 0 aromatic heterocycles. The third-order valence-corrected chi connectivity index (χ3v) is 0.558. The second kappa shape index (κ2) is 2.54. The van der Waals surface area contributed by atoms with Crippen LogP contribution in [0.3, 0.4) is 0 Å². The molecule has 0 fully saturated rings. The zero-order chi connectivity index (χ0) is 5.86. The summed E-state index contributed by atoms with van der Waals surface area (Å²) in [6, 6.07) is -0.384. The highest BCUT2D eigenvalue weighted by molar-refractivity contribution is 5.78. The van der Waals surface area contributed by atoms with Gasteiger partial charge in [-0.25, -0.2) is 5.48 Å². The van der Waals surface area contributed by atoms with E-state index in [1.807, 2.05) is 0 Å². The quantitative estimate of drug-likeness (QED) is 0.269. The minimum absolute atomic E-state index is 0.384. The van der Waals surface area contributed by atoms with Crippen molar-refractivity contribution in [3.8, 4) is 0 Å². The highest BCUT2D eigenvalue weighted by atomic mass is 16.5. The molecule has 1 unspecified atom stereocenters. The summed E-state index contributed by atoms with van der Waals surface area (Å²) in [7, 11) is 0. The Morgan fingerprint density at radius 2 is 2.43 bits per heavy atom. The molecule has 0 spiro atoms. The van der Waals surface area contributed by atoms with Crippen LogP contribution < -0.4 is 11.2 Å². The first-order valence-electron chi connectivity index (χ1n) is 1.95. The molecule has 0 saturated heterocycles. The molecule has 0 aliphatic carbocycles. The van der Waals surface area contributed by atoms with E-state index in [-0.39, 0.29) is 6.04 Å². The molecule has 0 aliphatic rings. The minimum atomic E-state index is -0.458. The average molecular weight is 105 g/mol. The Morgan fingerprint density at radius 1 is 2.00 bits per heavy atom. The van der Waals surface area contributed by atoms with Crippen molar-refractivity contribution in [2.75, 3.05) is 0 Å². The fraction of sp³-hybridized carbons (Fsp3) is 0.667. The average Bonchev–Trinajstić information content (AvgIpc) is 1.65. The Balaban J connectivity index is 3.35. The van der Waals surface area contributed by atoms with Crippen LogP contribution in [0.2, 0.25) is 0 Å². The molecular weight excluding hydrogens is 96.0 g/mol. The van der Waals surface area contributed by atoms with Crippen molar-refractivity contribution in [1.82, 2.24) is 5.48 Å². The number of nitrogens with one attached hydrogen (secondary N) is 1. The maximum absolute atomic E-state index is 10.1. The predicted molar refractivity (Wildman–Crippen MR) is 22.3 cm³/mol. The first kappa shape index (κ1) is 6.39. The lowest BCUT2D eigenvalue weighted by atomic mass is 10.4. The monoisotopic (exact) mass is 105 g/mol. The van der Waals surface area contributed by atoms with Gasteiger partial charge in [-0.15, -0.1) is 0 Å². The molecule has 1 amide bonds. The van der Waals surface area contributed by atoms with Gasteiger partial charge in [-0.05, 0) is 6.92 Å². The standard InChI is InChI=1S/C3H8N2O2/c1-2(4)3(6)5-7/h2,7H,4H2,1H3,(H,5,6)/p+1. The molecule has 4 nitrogen and oxygen atoms in total. The normalized spacial score (nSPS) is 13.0. The van der Waals surface area contributed by atoms with Gasteiger partial charge < -0.3 is 5.73 Å². The van der Waals surface area contributed by atoms with Crippen molar-refractivity contribution in [2.24, 2.45) is 0 Å². The first-order chi connectivity index (χ1) is 3.18. The Labute approximate surface area is 41.3 Å². The fourth-order valence-corrected chi connectivity index (χ4v) is 0.110. The summed E-state index contributed by atoms with van der Waals surface area (Å²) in [6.45, 7) is 1.59. The summed E-state index contributed by atoms with van der Waals surface area (Å²) in [5, 5.41) is 7.87. The molecule has 0 saturated carbocycles. The molecule has 5 N–H and O–H groups in total. The van der Waals surface area contributed by atoms with Gasteiger partial charge in [-0.1, -0.05) is 0 Å². The maximum atomic E-state index is 10.1. The molecule has 0 aromatic rings. The maximum Gasteiger partial charge on any atom is 0.301 e. The second-order valence-corrected chi connectivity index (χ2v) is 1.38. The number of carbonyl (C=O) groups is 1. The minimum Gasteiger partial charge on any atom is -0.347 e. The van der Waals surface area contributed by atoms with Crippen LogP contribution in [-0.4, -0.2) is 17.2 Å². The number of hydroxylamine groups is 1. The van der Waals surface area contributed by atoms with Crippen LogP contribution in [0.1, 0.15) is 6.92 Å². The molecule has 0 radical (unpaired) electrons. The number of hydrogen-bond donors (Lipinski definition) is 3. The molecule has 42 valence electrons. The fourth-order valence-electron chi connectivity index (χ4n) is 0.110. The van der Waals surface area contributed by atoms with Crippen LogP contribution in [0.5, 0.6) is 0 Å². The largest absolute Gasteiger partial charge is 0.347 e. The summed E-state index contributed by atoms with van der Waals surface area (Å²) in [4.78, 5) is 10.1. The summed E-state index contributed by atoms with van der Waals surface area (Å²) < 4.78 is 0. The van der Waals surface area contributed by atoms with Gasteiger partial charge in [-0.3, -0.25) is 10.0 Å². The van der Waals surface area contributed by atoms with E-state index in [9.17, 15) is 4.79 Å². The van der Waals surface area contributed by atoms with E-state index in [2.05, 4.69) is 5.73 Å². The Bertz CT molecular complexity index is 71.3. The lowest BCUT2D eigenvalue weighted by Crippen LogP contribution is -2.65. The molecule has 0 aromatic carbocycles. The number of carbonyl (C=O) groups excluding carboxylic acids is 1. The van der Waals surface area contributed by atoms with Crippen molar-refractivity contribution in [3.05, 3.63) is 0 Å². The Hall–Kier alpha value is -0.610.